The van der Waals surface area contributed by atoms with Crippen LogP contribution in [-0.2, 0) is 11.3 Å². The summed E-state index contributed by atoms with van der Waals surface area (Å²) >= 11 is 4.75. The number of carbonyl (C=O) groups excluding carboxylic acids is 1. The summed E-state index contributed by atoms with van der Waals surface area (Å²) < 4.78 is 40.2. The molecule has 0 saturated heterocycles. The van der Waals surface area contributed by atoms with E-state index in [1.165, 1.54) is 35.6 Å². The summed E-state index contributed by atoms with van der Waals surface area (Å²) in [6.07, 6.45) is -4.47. The van der Waals surface area contributed by atoms with E-state index in [4.69, 9.17) is 0 Å². The van der Waals surface area contributed by atoms with Crippen molar-refractivity contribution in [2.45, 2.75) is 18.8 Å². The second kappa shape index (κ2) is 7.94. The van der Waals surface area contributed by atoms with Gasteiger partial charge in [-0.2, -0.15) is 13.2 Å². The van der Waals surface area contributed by atoms with Crippen LogP contribution in [0.3, 0.4) is 0 Å². The molecule has 1 amide bonds. The zero-order valence-corrected chi connectivity index (χ0v) is 14.3. The lowest BCUT2D eigenvalue weighted by Gasteiger charge is -2.21. The van der Waals surface area contributed by atoms with E-state index in [-0.39, 0.29) is 5.56 Å². The number of rotatable bonds is 6. The number of alkyl halides is 3. The van der Waals surface area contributed by atoms with Crippen molar-refractivity contribution in [3.05, 3.63) is 56.7 Å². The van der Waals surface area contributed by atoms with Crippen LogP contribution in [-0.4, -0.2) is 18.6 Å². The van der Waals surface area contributed by atoms with Gasteiger partial charge in [0.15, 0.2) is 0 Å². The third-order valence-corrected chi connectivity index (χ3v) is 4.71. The summed E-state index contributed by atoms with van der Waals surface area (Å²) in [5.41, 5.74) is 0.0787. The molecule has 0 aliphatic carbocycles. The number of halogens is 4. The number of amides is 1. The van der Waals surface area contributed by atoms with Gasteiger partial charge in [0, 0.05) is 14.7 Å². The monoisotopic (exact) mass is 406 g/mol. The predicted octanol–water partition coefficient (Wildman–Crippen LogP) is 4.02. The van der Waals surface area contributed by atoms with Crippen molar-refractivity contribution in [1.82, 2.24) is 10.6 Å². The van der Waals surface area contributed by atoms with Gasteiger partial charge in [0.25, 0.3) is 0 Å². The Morgan fingerprint density at radius 2 is 1.96 bits per heavy atom. The molecule has 0 radical (unpaired) electrons. The minimum absolute atomic E-state index is 0.0787. The molecule has 1 unspecified atom stereocenters. The van der Waals surface area contributed by atoms with Crippen LogP contribution in [0.25, 0.3) is 0 Å². The molecule has 23 heavy (non-hydrogen) atoms. The Labute approximate surface area is 144 Å². The van der Waals surface area contributed by atoms with E-state index in [2.05, 4.69) is 26.6 Å². The fourth-order valence-corrected chi connectivity index (χ4v) is 3.35. The molecule has 1 aromatic heterocycles. The van der Waals surface area contributed by atoms with Crippen molar-refractivity contribution in [1.29, 1.82) is 0 Å². The first-order valence-corrected chi connectivity index (χ1v) is 8.38. The Bertz CT molecular complexity index is 646. The van der Waals surface area contributed by atoms with Gasteiger partial charge in [-0.05, 0) is 27.6 Å². The molecule has 0 fully saturated rings. The topological polar surface area (TPSA) is 41.1 Å². The summed E-state index contributed by atoms with van der Waals surface area (Å²) in [6, 6.07) is 7.45. The minimum Gasteiger partial charge on any atom is -0.350 e. The van der Waals surface area contributed by atoms with Crippen LogP contribution in [0.1, 0.15) is 16.5 Å². The summed E-state index contributed by atoms with van der Waals surface area (Å²) in [7, 11) is 0. The number of hydrogen-bond acceptors (Lipinski definition) is 3. The van der Waals surface area contributed by atoms with E-state index in [9.17, 15) is 18.0 Å². The number of carbonyl (C=O) groups is 1. The van der Waals surface area contributed by atoms with E-state index in [1.54, 1.807) is 6.07 Å². The van der Waals surface area contributed by atoms with Gasteiger partial charge in [-0.15, -0.1) is 11.3 Å². The fraction of sp³-hybridized carbons (Fsp3) is 0.267. The summed E-state index contributed by atoms with van der Waals surface area (Å²) in [6.45, 7) is -0.121. The first kappa shape index (κ1) is 18.0. The predicted molar refractivity (Wildman–Crippen MR) is 87.1 cm³/mol. The third-order valence-electron chi connectivity index (χ3n) is 3.01. The van der Waals surface area contributed by atoms with Gasteiger partial charge in [-0.25, -0.2) is 0 Å². The average Bonchev–Trinajstić information content (AvgIpc) is 2.91. The van der Waals surface area contributed by atoms with E-state index < -0.39 is 24.7 Å². The molecule has 1 aromatic carbocycles. The van der Waals surface area contributed by atoms with Crippen LogP contribution < -0.4 is 10.6 Å². The third kappa shape index (κ3) is 5.63. The highest BCUT2D eigenvalue weighted by Gasteiger charge is 2.40. The Morgan fingerprint density at radius 3 is 2.52 bits per heavy atom. The second-order valence-corrected chi connectivity index (χ2v) is 6.69. The molecular formula is C15H14BrF3N2OS. The summed E-state index contributed by atoms with van der Waals surface area (Å²) in [5, 5.41) is 6.74. The van der Waals surface area contributed by atoms with E-state index in [1.807, 2.05) is 11.4 Å². The maximum Gasteiger partial charge on any atom is 0.407 e. The SMILES string of the molecule is O=C(CNC(c1ccccc1)C(F)(F)F)NCc1cc(Br)cs1. The molecule has 1 heterocycles. The smallest absolute Gasteiger partial charge is 0.350 e. The molecule has 1 atom stereocenters. The number of hydrogen-bond donors (Lipinski definition) is 2. The normalized spacial score (nSPS) is 12.9. The van der Waals surface area contributed by atoms with Crippen LogP contribution >= 0.6 is 27.3 Å². The first-order valence-electron chi connectivity index (χ1n) is 6.71. The number of benzene rings is 1. The van der Waals surface area contributed by atoms with Crippen molar-refractivity contribution < 1.29 is 18.0 Å². The molecule has 3 nitrogen and oxygen atoms in total. The fourth-order valence-electron chi connectivity index (χ4n) is 1.96. The maximum atomic E-state index is 13.1. The number of thiophene rings is 1. The molecule has 2 rings (SSSR count). The largest absolute Gasteiger partial charge is 0.407 e. The zero-order chi connectivity index (χ0) is 16.9. The molecule has 0 aliphatic heterocycles. The van der Waals surface area contributed by atoms with E-state index in [0.29, 0.717) is 6.54 Å². The molecule has 124 valence electrons. The van der Waals surface area contributed by atoms with Crippen LogP contribution in [0.15, 0.2) is 46.3 Å². The lowest BCUT2D eigenvalue weighted by molar-refractivity contribution is -0.158. The van der Waals surface area contributed by atoms with Gasteiger partial charge in [0.1, 0.15) is 6.04 Å². The molecule has 2 N–H and O–H groups in total. The highest BCUT2D eigenvalue weighted by Crippen LogP contribution is 2.32. The van der Waals surface area contributed by atoms with Gasteiger partial charge in [-0.1, -0.05) is 30.3 Å². The Hall–Kier alpha value is -1.38. The minimum atomic E-state index is -4.47. The number of nitrogens with one attached hydrogen (secondary N) is 2. The quantitative estimate of drug-likeness (QED) is 0.760. The van der Waals surface area contributed by atoms with Gasteiger partial charge in [0.2, 0.25) is 5.91 Å². The van der Waals surface area contributed by atoms with E-state index >= 15 is 0 Å². The average molecular weight is 407 g/mol. The Balaban J connectivity index is 1.89. The van der Waals surface area contributed by atoms with Gasteiger partial charge < -0.3 is 5.32 Å². The van der Waals surface area contributed by atoms with Crippen LogP contribution in [0.2, 0.25) is 0 Å². The standard InChI is InChI=1S/C15H14BrF3N2OS/c16-11-6-12(23-9-11)7-20-13(22)8-21-14(15(17,18)19)10-4-2-1-3-5-10/h1-6,9,14,21H,7-8H2,(H,20,22). The Kier molecular flexibility index (Phi) is 6.20. The molecule has 8 heteroatoms. The van der Waals surface area contributed by atoms with Crippen LogP contribution in [0.5, 0.6) is 0 Å². The van der Waals surface area contributed by atoms with Gasteiger partial charge in [-0.3, -0.25) is 10.1 Å². The highest BCUT2D eigenvalue weighted by atomic mass is 79.9. The molecular weight excluding hydrogens is 393 g/mol. The van der Waals surface area contributed by atoms with Gasteiger partial charge in [0.05, 0.1) is 13.1 Å². The molecule has 0 bridgehead atoms. The molecule has 2 aromatic rings. The summed E-state index contributed by atoms with van der Waals surface area (Å²) in [5.74, 6) is -0.486. The van der Waals surface area contributed by atoms with Crippen LogP contribution in [0.4, 0.5) is 13.2 Å². The molecule has 0 spiro atoms. The maximum absolute atomic E-state index is 13.1. The van der Waals surface area contributed by atoms with Crippen molar-refractivity contribution >= 4 is 33.2 Å². The van der Waals surface area contributed by atoms with Crippen molar-refractivity contribution in [3.63, 3.8) is 0 Å². The lowest BCUT2D eigenvalue weighted by Crippen LogP contribution is -2.40. The van der Waals surface area contributed by atoms with Crippen LogP contribution in [0, 0.1) is 0 Å². The lowest BCUT2D eigenvalue weighted by atomic mass is 10.1. The Morgan fingerprint density at radius 1 is 1.26 bits per heavy atom. The zero-order valence-electron chi connectivity index (χ0n) is 11.9. The van der Waals surface area contributed by atoms with Crippen molar-refractivity contribution in [3.8, 4) is 0 Å². The van der Waals surface area contributed by atoms with E-state index in [0.717, 1.165) is 9.35 Å². The van der Waals surface area contributed by atoms with Crippen molar-refractivity contribution in [2.75, 3.05) is 6.54 Å². The van der Waals surface area contributed by atoms with Crippen molar-refractivity contribution in [2.24, 2.45) is 0 Å². The molecule has 0 saturated carbocycles. The second-order valence-electron chi connectivity index (χ2n) is 4.77. The highest BCUT2D eigenvalue weighted by molar-refractivity contribution is 9.10. The first-order chi connectivity index (χ1) is 10.9. The van der Waals surface area contributed by atoms with Gasteiger partial charge >= 0.3 is 6.18 Å². The molecule has 0 aliphatic rings. The summed E-state index contributed by atoms with van der Waals surface area (Å²) in [4.78, 5) is 12.7.